The van der Waals surface area contributed by atoms with Crippen LogP contribution in [-0.2, 0) is 4.79 Å². The number of hydrogen-bond donors (Lipinski definition) is 3. The smallest absolute Gasteiger partial charge is 0.226 e. The van der Waals surface area contributed by atoms with E-state index in [0.717, 1.165) is 25.9 Å². The molecule has 3 N–H and O–H groups in total. The van der Waals surface area contributed by atoms with Gasteiger partial charge in [0.15, 0.2) is 0 Å². The molecule has 1 aliphatic rings. The molecule has 0 atom stereocenters. The number of nitrogens with one attached hydrogen (secondary N) is 2. The van der Waals surface area contributed by atoms with Gasteiger partial charge in [-0.2, -0.15) is 0 Å². The molecule has 1 amide bonds. The first-order valence-corrected chi connectivity index (χ1v) is 6.00. The summed E-state index contributed by atoms with van der Waals surface area (Å²) < 4.78 is 0. The molecule has 0 aromatic rings. The van der Waals surface area contributed by atoms with Crippen molar-refractivity contribution < 1.29 is 9.90 Å². The molecular weight excluding hydrogens is 204 g/mol. The normalized spacial score (nSPS) is 20.5. The molecule has 1 rings (SSSR count). The van der Waals surface area contributed by atoms with Crippen LogP contribution in [0.2, 0.25) is 0 Å². The Morgan fingerprint density at radius 2 is 2.00 bits per heavy atom. The Morgan fingerprint density at radius 3 is 2.50 bits per heavy atom. The van der Waals surface area contributed by atoms with Crippen molar-refractivity contribution in [1.29, 1.82) is 0 Å². The van der Waals surface area contributed by atoms with Crippen LogP contribution in [0.15, 0.2) is 0 Å². The molecule has 16 heavy (non-hydrogen) atoms. The summed E-state index contributed by atoms with van der Waals surface area (Å²) in [6.07, 6.45) is 1.77. The maximum Gasteiger partial charge on any atom is 0.226 e. The number of aliphatic hydroxyl groups excluding tert-OH is 1. The second-order valence-electron chi connectivity index (χ2n) is 5.82. The van der Waals surface area contributed by atoms with Gasteiger partial charge in [-0.3, -0.25) is 4.79 Å². The van der Waals surface area contributed by atoms with Gasteiger partial charge in [0.2, 0.25) is 5.91 Å². The van der Waals surface area contributed by atoms with E-state index in [4.69, 9.17) is 5.11 Å². The molecule has 0 unspecified atom stereocenters. The third-order valence-corrected chi connectivity index (χ3v) is 3.41. The third kappa shape index (κ3) is 3.46. The molecule has 1 aliphatic heterocycles. The molecule has 0 radical (unpaired) electrons. The Morgan fingerprint density at radius 1 is 1.44 bits per heavy atom. The number of aliphatic hydroxyl groups is 1. The lowest BCUT2D eigenvalue weighted by molar-refractivity contribution is -0.132. The Balaban J connectivity index is 2.45. The molecule has 0 aromatic heterocycles. The Hall–Kier alpha value is -0.610. The summed E-state index contributed by atoms with van der Waals surface area (Å²) >= 11 is 0. The lowest BCUT2D eigenvalue weighted by Gasteiger charge is -2.34. The molecule has 0 aliphatic carbocycles. The van der Waals surface area contributed by atoms with Crippen molar-refractivity contribution in [3.63, 3.8) is 0 Å². The summed E-state index contributed by atoms with van der Waals surface area (Å²) in [5.74, 6) is 0.121. The largest absolute Gasteiger partial charge is 0.396 e. The summed E-state index contributed by atoms with van der Waals surface area (Å²) in [6.45, 7) is 8.35. The van der Waals surface area contributed by atoms with E-state index >= 15 is 0 Å². The van der Waals surface area contributed by atoms with Crippen molar-refractivity contribution in [3.05, 3.63) is 0 Å². The highest BCUT2D eigenvalue weighted by molar-refractivity contribution is 5.82. The predicted octanol–water partition coefficient (Wildman–Crippen LogP) is 0.511. The van der Waals surface area contributed by atoms with Crippen molar-refractivity contribution >= 4 is 5.91 Å². The summed E-state index contributed by atoms with van der Waals surface area (Å²) in [6, 6.07) is 0. The van der Waals surface area contributed by atoms with E-state index in [9.17, 15) is 4.79 Å². The number of piperidine rings is 1. The van der Waals surface area contributed by atoms with Crippen molar-refractivity contribution in [3.8, 4) is 0 Å². The summed E-state index contributed by atoms with van der Waals surface area (Å²) in [5, 5.41) is 15.3. The molecule has 1 fully saturated rings. The highest BCUT2D eigenvalue weighted by Crippen LogP contribution is 2.28. The average Bonchev–Trinajstić information content (AvgIpc) is 2.27. The van der Waals surface area contributed by atoms with Crippen LogP contribution in [0.4, 0.5) is 0 Å². The van der Waals surface area contributed by atoms with Gasteiger partial charge in [0, 0.05) is 24.0 Å². The zero-order valence-electron chi connectivity index (χ0n) is 10.6. The van der Waals surface area contributed by atoms with E-state index in [1.54, 1.807) is 0 Å². The minimum Gasteiger partial charge on any atom is -0.396 e. The molecule has 0 aromatic carbocycles. The van der Waals surface area contributed by atoms with Crippen LogP contribution in [0.1, 0.15) is 33.6 Å². The number of hydrogen-bond acceptors (Lipinski definition) is 3. The van der Waals surface area contributed by atoms with Gasteiger partial charge in [0.1, 0.15) is 0 Å². The molecule has 0 bridgehead atoms. The van der Waals surface area contributed by atoms with Gasteiger partial charge in [0.25, 0.3) is 0 Å². The highest BCUT2D eigenvalue weighted by Gasteiger charge is 2.34. The van der Waals surface area contributed by atoms with Crippen LogP contribution in [0.5, 0.6) is 0 Å². The minimum atomic E-state index is -0.239. The molecule has 0 spiro atoms. The van der Waals surface area contributed by atoms with Gasteiger partial charge in [-0.15, -0.1) is 0 Å². The molecule has 4 nitrogen and oxygen atoms in total. The molecule has 1 saturated heterocycles. The van der Waals surface area contributed by atoms with Crippen LogP contribution in [0.25, 0.3) is 0 Å². The molecular formula is C12H24N2O2. The van der Waals surface area contributed by atoms with Gasteiger partial charge in [0.05, 0.1) is 0 Å². The number of carbonyl (C=O) groups is 1. The number of carbonyl (C=O) groups excluding carboxylic acids is 1. The maximum absolute atomic E-state index is 12.1. The molecule has 4 heteroatoms. The monoisotopic (exact) mass is 228 g/mol. The van der Waals surface area contributed by atoms with E-state index in [2.05, 4.69) is 10.6 Å². The van der Waals surface area contributed by atoms with E-state index in [-0.39, 0.29) is 23.3 Å². The second kappa shape index (κ2) is 5.15. The maximum atomic E-state index is 12.1. The minimum absolute atomic E-state index is 0.0888. The lowest BCUT2D eigenvalue weighted by atomic mass is 9.80. The van der Waals surface area contributed by atoms with E-state index < -0.39 is 0 Å². The average molecular weight is 228 g/mol. The molecule has 1 heterocycles. The highest BCUT2D eigenvalue weighted by atomic mass is 16.3. The summed E-state index contributed by atoms with van der Waals surface area (Å²) in [5.41, 5.74) is -0.476. The van der Waals surface area contributed by atoms with Crippen molar-refractivity contribution in [2.75, 3.05) is 26.2 Å². The van der Waals surface area contributed by atoms with Gasteiger partial charge in [-0.1, -0.05) is 20.8 Å². The van der Waals surface area contributed by atoms with Crippen LogP contribution < -0.4 is 10.6 Å². The van der Waals surface area contributed by atoms with Gasteiger partial charge >= 0.3 is 0 Å². The van der Waals surface area contributed by atoms with Crippen molar-refractivity contribution in [2.24, 2.45) is 10.8 Å². The zero-order chi connectivity index (χ0) is 12.2. The standard InChI is InChI=1S/C12H24N2O2/c1-11(2,9-15)8-14-10(16)12(3)4-6-13-7-5-12/h13,15H,4-9H2,1-3H3,(H,14,16). The zero-order valence-corrected chi connectivity index (χ0v) is 10.6. The van der Waals surface area contributed by atoms with Crippen LogP contribution >= 0.6 is 0 Å². The van der Waals surface area contributed by atoms with Crippen LogP contribution in [-0.4, -0.2) is 37.3 Å². The van der Waals surface area contributed by atoms with E-state index in [1.165, 1.54) is 0 Å². The molecule has 0 saturated carbocycles. The van der Waals surface area contributed by atoms with Crippen LogP contribution in [0, 0.1) is 10.8 Å². The number of amides is 1. The fourth-order valence-corrected chi connectivity index (χ4v) is 1.79. The fraction of sp³-hybridized carbons (Fsp3) is 0.917. The quantitative estimate of drug-likeness (QED) is 0.657. The fourth-order valence-electron chi connectivity index (χ4n) is 1.79. The topological polar surface area (TPSA) is 61.4 Å². The first-order valence-electron chi connectivity index (χ1n) is 6.00. The Bertz CT molecular complexity index is 245. The van der Waals surface area contributed by atoms with Gasteiger partial charge in [-0.25, -0.2) is 0 Å². The lowest BCUT2D eigenvalue weighted by Crippen LogP contribution is -2.48. The van der Waals surface area contributed by atoms with Gasteiger partial charge < -0.3 is 15.7 Å². The van der Waals surface area contributed by atoms with E-state index in [0.29, 0.717) is 6.54 Å². The van der Waals surface area contributed by atoms with Crippen LogP contribution in [0.3, 0.4) is 0 Å². The van der Waals surface area contributed by atoms with Gasteiger partial charge in [-0.05, 0) is 25.9 Å². The second-order valence-corrected chi connectivity index (χ2v) is 5.82. The first kappa shape index (κ1) is 13.5. The van der Waals surface area contributed by atoms with Crippen molar-refractivity contribution in [2.45, 2.75) is 33.6 Å². The van der Waals surface area contributed by atoms with Crippen molar-refractivity contribution in [1.82, 2.24) is 10.6 Å². The Kier molecular flexibility index (Phi) is 4.33. The SMILES string of the molecule is CC(C)(CO)CNC(=O)C1(C)CCNCC1. The third-order valence-electron chi connectivity index (χ3n) is 3.41. The predicted molar refractivity (Wildman–Crippen MR) is 64.1 cm³/mol. The number of rotatable bonds is 4. The summed E-state index contributed by atoms with van der Waals surface area (Å²) in [7, 11) is 0. The Labute approximate surface area is 97.8 Å². The molecule has 94 valence electrons. The summed E-state index contributed by atoms with van der Waals surface area (Å²) in [4.78, 5) is 12.1. The van der Waals surface area contributed by atoms with E-state index in [1.807, 2.05) is 20.8 Å². The first-order chi connectivity index (χ1) is 7.40.